The highest BCUT2D eigenvalue weighted by molar-refractivity contribution is 7.92. The number of benzene rings is 3. The normalized spacial score (nSPS) is 12.4. The fourth-order valence-electron chi connectivity index (χ4n) is 4.28. The van der Waals surface area contributed by atoms with Gasteiger partial charge in [0.1, 0.15) is 18.3 Å². The molecule has 3 rings (SSSR count). The molecule has 42 heavy (non-hydrogen) atoms. The number of hydrogen-bond donors (Lipinski definition) is 1. The summed E-state index contributed by atoms with van der Waals surface area (Å²) in [5, 5.41) is 3.69. The van der Waals surface area contributed by atoms with Gasteiger partial charge in [0, 0.05) is 27.7 Å². The van der Waals surface area contributed by atoms with Crippen LogP contribution in [-0.4, -0.2) is 50.4 Å². The van der Waals surface area contributed by atoms with Crippen molar-refractivity contribution in [2.75, 3.05) is 18.0 Å². The van der Waals surface area contributed by atoms with Gasteiger partial charge in [0.15, 0.2) is 0 Å². The SMILES string of the molecule is CCC(C(=O)NC(C)(C)C)N(Cc1c(Cl)cccc1Cl)C(=O)CN(c1ccc(OC)c(Cl)c1)S(=O)(=O)c1ccccc1. The van der Waals surface area contributed by atoms with Crippen molar-refractivity contribution in [3.05, 3.63) is 87.4 Å². The van der Waals surface area contributed by atoms with Crippen LogP contribution in [0.1, 0.15) is 39.7 Å². The topological polar surface area (TPSA) is 96.0 Å². The number of sulfonamides is 1. The summed E-state index contributed by atoms with van der Waals surface area (Å²) in [5.74, 6) is -0.705. The molecule has 0 spiro atoms. The van der Waals surface area contributed by atoms with Crippen LogP contribution in [0.5, 0.6) is 5.75 Å². The Kier molecular flexibility index (Phi) is 11.2. The summed E-state index contributed by atoms with van der Waals surface area (Å²) < 4.78 is 34.1. The maximum atomic E-state index is 14.2. The van der Waals surface area contributed by atoms with Crippen LogP contribution in [0.25, 0.3) is 0 Å². The first kappa shape index (κ1) is 33.5. The van der Waals surface area contributed by atoms with Gasteiger partial charge in [-0.25, -0.2) is 8.42 Å². The van der Waals surface area contributed by atoms with Gasteiger partial charge in [-0.1, -0.05) is 66.0 Å². The van der Waals surface area contributed by atoms with Gasteiger partial charge in [0.25, 0.3) is 10.0 Å². The fraction of sp³-hybridized carbons (Fsp3) is 0.333. The maximum absolute atomic E-state index is 14.2. The summed E-state index contributed by atoms with van der Waals surface area (Å²) in [6.45, 7) is 6.49. The zero-order valence-electron chi connectivity index (χ0n) is 24.0. The van der Waals surface area contributed by atoms with Crippen LogP contribution >= 0.6 is 34.8 Å². The third-order valence-corrected chi connectivity index (χ3v) is 9.10. The predicted octanol–water partition coefficient (Wildman–Crippen LogP) is 6.57. The third kappa shape index (κ3) is 8.10. The van der Waals surface area contributed by atoms with Crippen molar-refractivity contribution in [2.45, 2.75) is 57.1 Å². The van der Waals surface area contributed by atoms with E-state index in [4.69, 9.17) is 39.5 Å². The Morgan fingerprint density at radius 3 is 2.07 bits per heavy atom. The molecule has 0 aromatic heterocycles. The lowest BCUT2D eigenvalue weighted by molar-refractivity contribution is -0.141. The molecule has 3 aromatic carbocycles. The summed E-state index contributed by atoms with van der Waals surface area (Å²) in [5.41, 5.74) is -0.00822. The van der Waals surface area contributed by atoms with Crippen molar-refractivity contribution >= 4 is 62.3 Å². The van der Waals surface area contributed by atoms with Gasteiger partial charge in [0.2, 0.25) is 11.8 Å². The highest BCUT2D eigenvalue weighted by atomic mass is 35.5. The van der Waals surface area contributed by atoms with Crippen LogP contribution < -0.4 is 14.4 Å². The van der Waals surface area contributed by atoms with Crippen LogP contribution in [0.3, 0.4) is 0 Å². The lowest BCUT2D eigenvalue weighted by Gasteiger charge is -2.35. The summed E-state index contributed by atoms with van der Waals surface area (Å²) in [6.07, 6.45) is 0.246. The van der Waals surface area contributed by atoms with Crippen molar-refractivity contribution in [1.82, 2.24) is 10.2 Å². The fourth-order valence-corrected chi connectivity index (χ4v) is 6.48. The van der Waals surface area contributed by atoms with E-state index in [2.05, 4.69) is 5.32 Å². The zero-order valence-corrected chi connectivity index (χ0v) is 27.1. The number of amides is 2. The molecular weight excluding hydrogens is 621 g/mol. The van der Waals surface area contributed by atoms with Crippen molar-refractivity contribution in [3.63, 3.8) is 0 Å². The Morgan fingerprint density at radius 1 is 0.929 bits per heavy atom. The number of methoxy groups -OCH3 is 1. The second kappa shape index (κ2) is 14.0. The molecule has 0 aliphatic carbocycles. The molecule has 0 saturated heterocycles. The number of carbonyl (C=O) groups excluding carboxylic acids is 2. The molecule has 0 saturated carbocycles. The van der Waals surface area contributed by atoms with Gasteiger partial charge in [0.05, 0.1) is 22.7 Å². The monoisotopic (exact) mass is 653 g/mol. The lowest BCUT2D eigenvalue weighted by Crippen LogP contribution is -2.55. The van der Waals surface area contributed by atoms with E-state index in [1.807, 2.05) is 20.8 Å². The van der Waals surface area contributed by atoms with E-state index in [0.717, 1.165) is 4.31 Å². The molecule has 0 heterocycles. The summed E-state index contributed by atoms with van der Waals surface area (Å²) in [7, 11) is -2.82. The van der Waals surface area contributed by atoms with Gasteiger partial charge in [-0.3, -0.25) is 13.9 Å². The number of nitrogens with one attached hydrogen (secondary N) is 1. The number of hydrogen-bond acceptors (Lipinski definition) is 5. The minimum Gasteiger partial charge on any atom is -0.495 e. The number of anilines is 1. The predicted molar refractivity (Wildman–Crippen MR) is 168 cm³/mol. The van der Waals surface area contributed by atoms with Crippen LogP contribution in [0.4, 0.5) is 5.69 Å². The van der Waals surface area contributed by atoms with Crippen LogP contribution in [0.15, 0.2) is 71.6 Å². The number of nitrogens with zero attached hydrogens (tertiary/aromatic N) is 2. The molecule has 0 bridgehead atoms. The van der Waals surface area contributed by atoms with Gasteiger partial charge in [-0.2, -0.15) is 0 Å². The zero-order chi connectivity index (χ0) is 31.2. The quantitative estimate of drug-likeness (QED) is 0.252. The Morgan fingerprint density at radius 2 is 1.55 bits per heavy atom. The molecule has 2 amide bonds. The second-order valence-electron chi connectivity index (χ2n) is 10.5. The summed E-state index contributed by atoms with van der Waals surface area (Å²) in [6, 6.07) is 16.1. The van der Waals surface area contributed by atoms with E-state index in [9.17, 15) is 18.0 Å². The van der Waals surface area contributed by atoms with E-state index >= 15 is 0 Å². The third-order valence-electron chi connectivity index (χ3n) is 6.31. The first-order valence-electron chi connectivity index (χ1n) is 13.1. The standard InChI is InChI=1S/C30H34Cl3N3O5S/c1-6-26(29(38)34-30(2,3)4)35(18-22-23(31)13-10-14-24(22)32)28(37)19-36(20-15-16-27(41-5)25(33)17-20)42(39,40)21-11-8-7-9-12-21/h7-17,26H,6,18-19H2,1-5H3,(H,34,38). The minimum atomic E-state index is -4.26. The van der Waals surface area contributed by atoms with E-state index in [-0.39, 0.29) is 28.6 Å². The van der Waals surface area contributed by atoms with E-state index in [0.29, 0.717) is 21.4 Å². The van der Waals surface area contributed by atoms with Gasteiger partial charge in [-0.15, -0.1) is 0 Å². The van der Waals surface area contributed by atoms with Gasteiger partial charge >= 0.3 is 0 Å². The Balaban J connectivity index is 2.14. The lowest BCUT2D eigenvalue weighted by atomic mass is 10.1. The summed E-state index contributed by atoms with van der Waals surface area (Å²) >= 11 is 19.3. The molecular formula is C30H34Cl3N3O5S. The molecule has 0 aliphatic heterocycles. The van der Waals surface area contributed by atoms with Gasteiger partial charge in [-0.05, 0) is 69.7 Å². The second-order valence-corrected chi connectivity index (χ2v) is 13.6. The smallest absolute Gasteiger partial charge is 0.264 e. The Bertz CT molecular complexity index is 1510. The van der Waals surface area contributed by atoms with Crippen molar-refractivity contribution in [2.24, 2.45) is 0 Å². The van der Waals surface area contributed by atoms with Crippen molar-refractivity contribution in [1.29, 1.82) is 0 Å². The molecule has 0 fully saturated rings. The first-order valence-corrected chi connectivity index (χ1v) is 15.7. The molecule has 226 valence electrons. The Hall–Kier alpha value is -2.98. The van der Waals surface area contributed by atoms with Gasteiger partial charge < -0.3 is 15.0 Å². The van der Waals surface area contributed by atoms with Crippen molar-refractivity contribution < 1.29 is 22.7 Å². The molecule has 1 atom stereocenters. The number of halogens is 3. The van der Waals surface area contributed by atoms with E-state index in [1.54, 1.807) is 43.3 Å². The average molecular weight is 655 g/mol. The Labute approximate surface area is 262 Å². The highest BCUT2D eigenvalue weighted by Crippen LogP contribution is 2.33. The molecule has 8 nitrogen and oxygen atoms in total. The largest absolute Gasteiger partial charge is 0.495 e. The van der Waals surface area contributed by atoms with Crippen molar-refractivity contribution in [3.8, 4) is 5.75 Å². The van der Waals surface area contributed by atoms with Crippen LogP contribution in [-0.2, 0) is 26.2 Å². The highest BCUT2D eigenvalue weighted by Gasteiger charge is 2.35. The molecule has 0 radical (unpaired) electrons. The first-order chi connectivity index (χ1) is 19.7. The number of carbonyl (C=O) groups is 2. The maximum Gasteiger partial charge on any atom is 0.264 e. The number of ether oxygens (including phenoxy) is 1. The molecule has 1 unspecified atom stereocenters. The molecule has 3 aromatic rings. The van der Waals surface area contributed by atoms with Crippen LogP contribution in [0.2, 0.25) is 15.1 Å². The summed E-state index contributed by atoms with van der Waals surface area (Å²) in [4.78, 5) is 28.9. The molecule has 1 N–H and O–H groups in total. The number of rotatable bonds is 11. The average Bonchev–Trinajstić information content (AvgIpc) is 2.92. The van der Waals surface area contributed by atoms with E-state index < -0.39 is 40.0 Å². The van der Waals surface area contributed by atoms with E-state index in [1.165, 1.54) is 42.3 Å². The minimum absolute atomic E-state index is 0.0250. The molecule has 12 heteroatoms. The molecule has 0 aliphatic rings. The van der Waals surface area contributed by atoms with Crippen LogP contribution in [0, 0.1) is 0 Å².